The largest absolute Gasteiger partial charge is 0.496 e. The van der Waals surface area contributed by atoms with Gasteiger partial charge in [0.2, 0.25) is 6.79 Å². The number of allylic oxidation sites excluding steroid dienone is 1. The maximum absolute atomic E-state index is 12.3. The van der Waals surface area contributed by atoms with Crippen LogP contribution in [0.4, 0.5) is 0 Å². The van der Waals surface area contributed by atoms with E-state index in [2.05, 4.69) is 15.9 Å². The molecule has 22 heavy (non-hydrogen) atoms. The van der Waals surface area contributed by atoms with Gasteiger partial charge in [-0.1, -0.05) is 15.9 Å². The minimum absolute atomic E-state index is 0.111. The van der Waals surface area contributed by atoms with Crippen LogP contribution in [0.25, 0.3) is 6.08 Å². The molecule has 0 aromatic heterocycles. The van der Waals surface area contributed by atoms with Gasteiger partial charge in [0.15, 0.2) is 17.3 Å². The molecule has 0 spiro atoms. The van der Waals surface area contributed by atoms with Gasteiger partial charge in [0.1, 0.15) is 5.75 Å². The topological polar surface area (TPSA) is 44.8 Å². The number of ether oxygens (including phenoxy) is 3. The Labute approximate surface area is 136 Å². The smallest absolute Gasteiger partial charge is 0.231 e. The lowest BCUT2D eigenvalue weighted by Crippen LogP contribution is -1.95. The first-order chi connectivity index (χ1) is 10.7. The Morgan fingerprint density at radius 1 is 1.18 bits per heavy atom. The fraction of sp³-hybridized carbons (Fsp3) is 0.118. The first-order valence-electron chi connectivity index (χ1n) is 6.63. The standard InChI is InChI=1S/C17H13BrO4/c1-20-15-7-4-13(18)8-12(15)2-5-14(19)11-3-6-16-17(9-11)22-10-21-16/h2-9H,10H2,1H3. The molecular formula is C17H13BrO4. The number of hydrogen-bond acceptors (Lipinski definition) is 4. The fourth-order valence-corrected chi connectivity index (χ4v) is 2.53. The summed E-state index contributed by atoms with van der Waals surface area (Å²) in [7, 11) is 1.60. The molecule has 112 valence electrons. The van der Waals surface area contributed by atoms with Gasteiger partial charge in [-0.15, -0.1) is 0 Å². The minimum Gasteiger partial charge on any atom is -0.496 e. The van der Waals surface area contributed by atoms with E-state index in [0.717, 1.165) is 10.0 Å². The van der Waals surface area contributed by atoms with Crippen LogP contribution < -0.4 is 14.2 Å². The number of carbonyl (C=O) groups excluding carboxylic acids is 1. The lowest BCUT2D eigenvalue weighted by Gasteiger charge is -2.05. The average Bonchev–Trinajstić information content (AvgIpc) is 3.00. The van der Waals surface area contributed by atoms with Crippen molar-refractivity contribution >= 4 is 27.8 Å². The van der Waals surface area contributed by atoms with Gasteiger partial charge in [-0.05, 0) is 48.6 Å². The van der Waals surface area contributed by atoms with Gasteiger partial charge in [-0.25, -0.2) is 0 Å². The van der Waals surface area contributed by atoms with Gasteiger partial charge < -0.3 is 14.2 Å². The highest BCUT2D eigenvalue weighted by molar-refractivity contribution is 9.10. The van der Waals surface area contributed by atoms with Gasteiger partial charge in [-0.2, -0.15) is 0 Å². The maximum Gasteiger partial charge on any atom is 0.231 e. The summed E-state index contributed by atoms with van der Waals surface area (Å²) in [5, 5.41) is 0. The minimum atomic E-state index is -0.111. The summed E-state index contributed by atoms with van der Waals surface area (Å²) in [5.41, 5.74) is 1.38. The zero-order chi connectivity index (χ0) is 15.5. The normalized spacial score (nSPS) is 12.6. The molecular weight excluding hydrogens is 348 g/mol. The average molecular weight is 361 g/mol. The van der Waals surface area contributed by atoms with E-state index in [1.165, 1.54) is 6.08 Å². The molecule has 0 radical (unpaired) electrons. The summed E-state index contributed by atoms with van der Waals surface area (Å²) < 4.78 is 16.7. The number of carbonyl (C=O) groups is 1. The van der Waals surface area contributed by atoms with Gasteiger partial charge in [-0.3, -0.25) is 4.79 Å². The Bertz CT molecular complexity index is 752. The summed E-state index contributed by atoms with van der Waals surface area (Å²) in [4.78, 5) is 12.3. The van der Waals surface area contributed by atoms with Gasteiger partial charge in [0.25, 0.3) is 0 Å². The first-order valence-corrected chi connectivity index (χ1v) is 7.42. The molecule has 1 heterocycles. The van der Waals surface area contributed by atoms with Crippen LogP contribution in [-0.4, -0.2) is 19.7 Å². The molecule has 0 aliphatic carbocycles. The zero-order valence-electron chi connectivity index (χ0n) is 11.8. The van der Waals surface area contributed by atoms with Crippen molar-refractivity contribution in [3.8, 4) is 17.2 Å². The molecule has 1 aliphatic heterocycles. The highest BCUT2D eigenvalue weighted by Crippen LogP contribution is 2.32. The van der Waals surface area contributed by atoms with Gasteiger partial charge >= 0.3 is 0 Å². The van der Waals surface area contributed by atoms with Crippen LogP contribution in [0.15, 0.2) is 46.9 Å². The monoisotopic (exact) mass is 360 g/mol. The molecule has 3 rings (SSSR count). The summed E-state index contributed by atoms with van der Waals surface area (Å²) in [6.45, 7) is 0.193. The van der Waals surface area contributed by atoms with Crippen molar-refractivity contribution in [1.82, 2.24) is 0 Å². The third kappa shape index (κ3) is 2.99. The highest BCUT2D eigenvalue weighted by Gasteiger charge is 2.15. The van der Waals surface area contributed by atoms with Crippen molar-refractivity contribution in [2.24, 2.45) is 0 Å². The molecule has 0 unspecified atom stereocenters. The van der Waals surface area contributed by atoms with E-state index in [9.17, 15) is 4.79 Å². The van der Waals surface area contributed by atoms with Crippen LogP contribution >= 0.6 is 15.9 Å². The van der Waals surface area contributed by atoms with Crippen molar-refractivity contribution < 1.29 is 19.0 Å². The predicted molar refractivity (Wildman–Crippen MR) is 86.6 cm³/mol. The number of fused-ring (bicyclic) bond motifs is 1. The Balaban J connectivity index is 1.83. The number of ketones is 1. The second kappa shape index (κ2) is 6.23. The van der Waals surface area contributed by atoms with E-state index in [4.69, 9.17) is 14.2 Å². The van der Waals surface area contributed by atoms with E-state index in [1.807, 2.05) is 18.2 Å². The Morgan fingerprint density at radius 3 is 2.82 bits per heavy atom. The van der Waals surface area contributed by atoms with Gasteiger partial charge in [0.05, 0.1) is 7.11 Å². The molecule has 0 saturated heterocycles. The van der Waals surface area contributed by atoms with E-state index in [-0.39, 0.29) is 12.6 Å². The fourth-order valence-electron chi connectivity index (χ4n) is 2.15. The van der Waals surface area contributed by atoms with E-state index in [1.54, 1.807) is 31.4 Å². The molecule has 2 aromatic rings. The number of halogens is 1. The number of benzene rings is 2. The van der Waals surface area contributed by atoms with Crippen LogP contribution in [0.2, 0.25) is 0 Å². The van der Waals surface area contributed by atoms with Crippen LogP contribution in [0.5, 0.6) is 17.2 Å². The molecule has 0 amide bonds. The van der Waals surface area contributed by atoms with Crippen LogP contribution in [0.1, 0.15) is 15.9 Å². The molecule has 5 heteroatoms. The van der Waals surface area contributed by atoms with E-state index < -0.39 is 0 Å². The van der Waals surface area contributed by atoms with Crippen molar-refractivity contribution in [2.45, 2.75) is 0 Å². The Kier molecular flexibility index (Phi) is 4.15. The summed E-state index contributed by atoms with van der Waals surface area (Å²) in [5.74, 6) is 1.85. The van der Waals surface area contributed by atoms with E-state index in [0.29, 0.717) is 22.8 Å². The van der Waals surface area contributed by atoms with Crippen LogP contribution in [-0.2, 0) is 0 Å². The molecule has 1 aliphatic rings. The number of rotatable bonds is 4. The zero-order valence-corrected chi connectivity index (χ0v) is 13.4. The second-order valence-electron chi connectivity index (χ2n) is 4.65. The second-order valence-corrected chi connectivity index (χ2v) is 5.57. The van der Waals surface area contributed by atoms with Crippen LogP contribution in [0.3, 0.4) is 0 Å². The molecule has 2 aromatic carbocycles. The molecule has 0 fully saturated rings. The number of hydrogen-bond donors (Lipinski definition) is 0. The van der Waals surface area contributed by atoms with Crippen molar-refractivity contribution in [3.63, 3.8) is 0 Å². The lowest BCUT2D eigenvalue weighted by molar-refractivity contribution is 0.104. The SMILES string of the molecule is COc1ccc(Br)cc1C=CC(=O)c1ccc2c(c1)OCO2. The Hall–Kier alpha value is -2.27. The summed E-state index contributed by atoms with van der Waals surface area (Å²) >= 11 is 3.41. The van der Waals surface area contributed by atoms with Crippen LogP contribution in [0, 0.1) is 0 Å². The molecule has 0 bridgehead atoms. The lowest BCUT2D eigenvalue weighted by atomic mass is 10.1. The summed E-state index contributed by atoms with van der Waals surface area (Å²) in [6, 6.07) is 10.8. The number of methoxy groups -OCH3 is 1. The molecule has 0 atom stereocenters. The molecule has 0 saturated carbocycles. The third-order valence-corrected chi connectivity index (χ3v) is 3.76. The Morgan fingerprint density at radius 2 is 2.00 bits per heavy atom. The third-order valence-electron chi connectivity index (χ3n) is 3.26. The van der Waals surface area contributed by atoms with Crippen molar-refractivity contribution in [1.29, 1.82) is 0 Å². The van der Waals surface area contributed by atoms with Gasteiger partial charge in [0, 0.05) is 15.6 Å². The first kappa shape index (κ1) is 14.7. The van der Waals surface area contributed by atoms with E-state index >= 15 is 0 Å². The molecule has 0 N–H and O–H groups in total. The summed E-state index contributed by atoms with van der Waals surface area (Å²) in [6.07, 6.45) is 3.25. The quantitative estimate of drug-likeness (QED) is 0.608. The van der Waals surface area contributed by atoms with Crippen molar-refractivity contribution in [3.05, 3.63) is 58.1 Å². The van der Waals surface area contributed by atoms with Crippen molar-refractivity contribution in [2.75, 3.05) is 13.9 Å². The maximum atomic E-state index is 12.3. The predicted octanol–water partition coefficient (Wildman–Crippen LogP) is 4.08. The highest BCUT2D eigenvalue weighted by atomic mass is 79.9. The molecule has 4 nitrogen and oxygen atoms in total.